The van der Waals surface area contributed by atoms with Crippen molar-refractivity contribution >= 4 is 16.7 Å². The van der Waals surface area contributed by atoms with Crippen LogP contribution in [-0.4, -0.2) is 49.2 Å². The summed E-state index contributed by atoms with van der Waals surface area (Å²) in [6, 6.07) is 5.79. The summed E-state index contributed by atoms with van der Waals surface area (Å²) in [6.45, 7) is 1.80. The van der Waals surface area contributed by atoms with E-state index >= 15 is 0 Å². The Morgan fingerprint density at radius 3 is 2.83 bits per heavy atom. The highest BCUT2D eigenvalue weighted by Crippen LogP contribution is 2.23. The third kappa shape index (κ3) is 2.87. The third-order valence-electron chi connectivity index (χ3n) is 2.69. The highest BCUT2D eigenvalue weighted by atomic mass is 16.5. The summed E-state index contributed by atoms with van der Waals surface area (Å²) in [7, 11) is 5.75. The van der Waals surface area contributed by atoms with Gasteiger partial charge < -0.3 is 15.0 Å². The lowest BCUT2D eigenvalue weighted by atomic mass is 10.2. The molecular formula is C13H18N4O. The molecule has 1 N–H and O–H groups in total. The molecule has 0 amide bonds. The number of nitrogens with zero attached hydrogens (tertiary/aromatic N) is 3. The summed E-state index contributed by atoms with van der Waals surface area (Å²) in [4.78, 5) is 10.6. The largest absolute Gasteiger partial charge is 0.497 e. The first-order valence-electron chi connectivity index (χ1n) is 5.88. The highest BCUT2D eigenvalue weighted by molar-refractivity contribution is 5.89. The zero-order chi connectivity index (χ0) is 13.0. The Balaban J connectivity index is 2.25. The van der Waals surface area contributed by atoms with Gasteiger partial charge in [-0.05, 0) is 32.3 Å². The van der Waals surface area contributed by atoms with Crippen LogP contribution in [0.5, 0.6) is 5.75 Å². The number of likely N-dealkylation sites (N-methyl/N-ethyl adjacent to an activating group) is 1. The van der Waals surface area contributed by atoms with Crippen molar-refractivity contribution in [2.75, 3.05) is 39.6 Å². The van der Waals surface area contributed by atoms with E-state index in [0.717, 1.165) is 35.6 Å². The van der Waals surface area contributed by atoms with E-state index in [2.05, 4.69) is 20.2 Å². The molecule has 1 aromatic heterocycles. The maximum absolute atomic E-state index is 5.23. The Labute approximate surface area is 107 Å². The molecule has 0 fully saturated rings. The second-order valence-electron chi connectivity index (χ2n) is 4.34. The van der Waals surface area contributed by atoms with Crippen molar-refractivity contribution in [3.63, 3.8) is 0 Å². The van der Waals surface area contributed by atoms with Gasteiger partial charge in [-0.2, -0.15) is 0 Å². The fourth-order valence-corrected chi connectivity index (χ4v) is 1.70. The van der Waals surface area contributed by atoms with Gasteiger partial charge in [0.1, 0.15) is 17.9 Å². The second kappa shape index (κ2) is 5.64. The summed E-state index contributed by atoms with van der Waals surface area (Å²) in [5.41, 5.74) is 0.915. The quantitative estimate of drug-likeness (QED) is 0.868. The number of hydrogen-bond acceptors (Lipinski definition) is 5. The molecule has 5 heteroatoms. The standard InChI is InChI=1S/C13H18N4O/c1-17(2)7-6-14-13-11-8-10(18-3)4-5-12(11)15-9-16-13/h4-5,8-9H,6-7H2,1-3H3,(H,14,15,16). The zero-order valence-corrected chi connectivity index (χ0v) is 11.0. The molecule has 2 aromatic rings. The molecule has 0 atom stereocenters. The molecule has 0 saturated heterocycles. The average Bonchev–Trinajstić information content (AvgIpc) is 2.38. The molecular weight excluding hydrogens is 228 g/mol. The lowest BCUT2D eigenvalue weighted by molar-refractivity contribution is 0.415. The normalized spacial score (nSPS) is 10.9. The van der Waals surface area contributed by atoms with E-state index in [1.165, 1.54) is 0 Å². The predicted octanol–water partition coefficient (Wildman–Crippen LogP) is 1.61. The van der Waals surface area contributed by atoms with Crippen LogP contribution in [-0.2, 0) is 0 Å². The summed E-state index contributed by atoms with van der Waals surface area (Å²) in [5.74, 6) is 1.66. The second-order valence-corrected chi connectivity index (χ2v) is 4.34. The summed E-state index contributed by atoms with van der Waals surface area (Å²) < 4.78 is 5.23. The van der Waals surface area contributed by atoms with Crippen LogP contribution in [0, 0.1) is 0 Å². The Morgan fingerprint density at radius 1 is 1.28 bits per heavy atom. The molecule has 1 heterocycles. The number of aromatic nitrogens is 2. The van der Waals surface area contributed by atoms with Crippen molar-refractivity contribution in [1.29, 1.82) is 0 Å². The molecule has 0 spiro atoms. The average molecular weight is 246 g/mol. The maximum Gasteiger partial charge on any atom is 0.137 e. The summed E-state index contributed by atoms with van der Waals surface area (Å²) in [5, 5.41) is 4.30. The Kier molecular flexibility index (Phi) is 3.94. The number of anilines is 1. The van der Waals surface area contributed by atoms with Crippen molar-refractivity contribution in [2.24, 2.45) is 0 Å². The SMILES string of the molecule is COc1ccc2ncnc(NCCN(C)C)c2c1. The van der Waals surface area contributed by atoms with Gasteiger partial charge in [-0.15, -0.1) is 0 Å². The molecule has 0 unspecified atom stereocenters. The minimum absolute atomic E-state index is 0.813. The van der Waals surface area contributed by atoms with Crippen LogP contribution in [0.1, 0.15) is 0 Å². The fourth-order valence-electron chi connectivity index (χ4n) is 1.70. The Bertz CT molecular complexity index is 527. The lowest BCUT2D eigenvalue weighted by Gasteiger charge is -2.12. The lowest BCUT2D eigenvalue weighted by Crippen LogP contribution is -2.21. The number of ether oxygens (including phenoxy) is 1. The van der Waals surface area contributed by atoms with E-state index < -0.39 is 0 Å². The van der Waals surface area contributed by atoms with Crippen LogP contribution >= 0.6 is 0 Å². The van der Waals surface area contributed by atoms with Crippen molar-refractivity contribution in [3.8, 4) is 5.75 Å². The zero-order valence-electron chi connectivity index (χ0n) is 11.0. The number of rotatable bonds is 5. The molecule has 0 bridgehead atoms. The highest BCUT2D eigenvalue weighted by Gasteiger charge is 2.04. The van der Waals surface area contributed by atoms with Crippen LogP contribution in [0.3, 0.4) is 0 Å². The van der Waals surface area contributed by atoms with Gasteiger partial charge in [0.25, 0.3) is 0 Å². The topological polar surface area (TPSA) is 50.3 Å². The molecule has 96 valence electrons. The van der Waals surface area contributed by atoms with Crippen molar-refractivity contribution in [3.05, 3.63) is 24.5 Å². The monoisotopic (exact) mass is 246 g/mol. The van der Waals surface area contributed by atoms with E-state index in [0.29, 0.717) is 0 Å². The molecule has 0 radical (unpaired) electrons. The van der Waals surface area contributed by atoms with E-state index in [1.54, 1.807) is 13.4 Å². The van der Waals surface area contributed by atoms with Crippen LogP contribution in [0.4, 0.5) is 5.82 Å². The van der Waals surface area contributed by atoms with Gasteiger partial charge in [-0.3, -0.25) is 0 Å². The number of benzene rings is 1. The number of nitrogens with one attached hydrogen (secondary N) is 1. The molecule has 2 rings (SSSR count). The summed E-state index contributed by atoms with van der Waals surface area (Å²) >= 11 is 0. The minimum atomic E-state index is 0.813. The first kappa shape index (κ1) is 12.6. The predicted molar refractivity (Wildman–Crippen MR) is 73.1 cm³/mol. The first-order chi connectivity index (χ1) is 8.70. The summed E-state index contributed by atoms with van der Waals surface area (Å²) in [6.07, 6.45) is 1.58. The van der Waals surface area contributed by atoms with Crippen molar-refractivity contribution in [2.45, 2.75) is 0 Å². The fraction of sp³-hybridized carbons (Fsp3) is 0.385. The van der Waals surface area contributed by atoms with E-state index in [4.69, 9.17) is 4.74 Å². The number of fused-ring (bicyclic) bond motifs is 1. The third-order valence-corrected chi connectivity index (χ3v) is 2.69. The Morgan fingerprint density at radius 2 is 2.11 bits per heavy atom. The van der Waals surface area contributed by atoms with Crippen molar-refractivity contribution in [1.82, 2.24) is 14.9 Å². The van der Waals surface area contributed by atoms with Crippen LogP contribution in [0.15, 0.2) is 24.5 Å². The number of methoxy groups -OCH3 is 1. The molecule has 5 nitrogen and oxygen atoms in total. The van der Waals surface area contributed by atoms with Gasteiger partial charge in [-0.1, -0.05) is 0 Å². The Hall–Kier alpha value is -1.88. The van der Waals surface area contributed by atoms with E-state index in [1.807, 2.05) is 32.3 Å². The molecule has 0 saturated carbocycles. The van der Waals surface area contributed by atoms with Crippen LogP contribution < -0.4 is 10.1 Å². The number of hydrogen-bond donors (Lipinski definition) is 1. The van der Waals surface area contributed by atoms with Gasteiger partial charge in [-0.25, -0.2) is 9.97 Å². The van der Waals surface area contributed by atoms with E-state index in [-0.39, 0.29) is 0 Å². The minimum Gasteiger partial charge on any atom is -0.497 e. The maximum atomic E-state index is 5.23. The van der Waals surface area contributed by atoms with Gasteiger partial charge in [0.2, 0.25) is 0 Å². The van der Waals surface area contributed by atoms with Crippen LogP contribution in [0.25, 0.3) is 10.9 Å². The molecule has 1 aromatic carbocycles. The smallest absolute Gasteiger partial charge is 0.137 e. The van der Waals surface area contributed by atoms with Gasteiger partial charge in [0, 0.05) is 18.5 Å². The van der Waals surface area contributed by atoms with E-state index in [9.17, 15) is 0 Å². The molecule has 18 heavy (non-hydrogen) atoms. The molecule has 0 aliphatic carbocycles. The van der Waals surface area contributed by atoms with Crippen molar-refractivity contribution < 1.29 is 4.74 Å². The van der Waals surface area contributed by atoms with Gasteiger partial charge >= 0.3 is 0 Å². The molecule has 0 aliphatic heterocycles. The molecule has 0 aliphatic rings. The first-order valence-corrected chi connectivity index (χ1v) is 5.88. The van der Waals surface area contributed by atoms with Gasteiger partial charge in [0.05, 0.1) is 12.6 Å². The van der Waals surface area contributed by atoms with Crippen LogP contribution in [0.2, 0.25) is 0 Å². The van der Waals surface area contributed by atoms with Gasteiger partial charge in [0.15, 0.2) is 0 Å².